The van der Waals surface area contributed by atoms with Gasteiger partial charge in [0.2, 0.25) is 6.79 Å². The largest absolute Gasteiger partial charge is 0.497 e. The summed E-state index contributed by atoms with van der Waals surface area (Å²) in [7, 11) is 1.59. The quantitative estimate of drug-likeness (QED) is 0.579. The fourth-order valence-corrected chi connectivity index (χ4v) is 3.86. The van der Waals surface area contributed by atoms with Crippen LogP contribution in [0, 0.1) is 6.92 Å². The standard InChI is InChI=1S/C26H22N2O5/c1-16-3-6-18(7-4-16)23-24(27-19-8-10-20(31-2)11-9-19)26(30)28(25(23)29)14-17-5-12-21-22(13-17)33-15-32-21/h3-13,27H,14-15H2,1-2H3. The van der Waals surface area contributed by atoms with E-state index in [0.29, 0.717) is 34.1 Å². The number of carbonyl (C=O) groups excluding carboxylic acids is 2. The predicted octanol–water partition coefficient (Wildman–Crippen LogP) is 4.12. The van der Waals surface area contributed by atoms with E-state index in [1.807, 2.05) is 37.3 Å². The summed E-state index contributed by atoms with van der Waals surface area (Å²) in [5, 5.41) is 3.16. The van der Waals surface area contributed by atoms with Gasteiger partial charge in [-0.2, -0.15) is 0 Å². The summed E-state index contributed by atoms with van der Waals surface area (Å²) in [5.41, 5.74) is 3.80. The lowest BCUT2D eigenvalue weighted by Crippen LogP contribution is -2.32. The van der Waals surface area contributed by atoms with E-state index in [9.17, 15) is 9.59 Å². The number of amides is 2. The van der Waals surface area contributed by atoms with E-state index in [0.717, 1.165) is 11.1 Å². The first-order valence-electron chi connectivity index (χ1n) is 10.5. The predicted molar refractivity (Wildman–Crippen MR) is 123 cm³/mol. The summed E-state index contributed by atoms with van der Waals surface area (Å²) < 4.78 is 16.0. The molecule has 0 aromatic heterocycles. The van der Waals surface area contributed by atoms with Gasteiger partial charge in [0.25, 0.3) is 11.8 Å². The van der Waals surface area contributed by atoms with Crippen LogP contribution in [-0.2, 0) is 16.1 Å². The molecule has 0 bridgehead atoms. The summed E-state index contributed by atoms with van der Waals surface area (Å²) in [5.74, 6) is 1.22. The van der Waals surface area contributed by atoms with Crippen molar-refractivity contribution in [3.05, 3.63) is 89.1 Å². The number of imide groups is 1. The molecule has 7 heteroatoms. The van der Waals surface area contributed by atoms with E-state index in [1.54, 1.807) is 43.5 Å². The number of hydrogen-bond acceptors (Lipinski definition) is 6. The number of benzene rings is 3. The van der Waals surface area contributed by atoms with E-state index in [1.165, 1.54) is 4.90 Å². The zero-order chi connectivity index (χ0) is 22.9. The molecule has 5 rings (SSSR count). The maximum Gasteiger partial charge on any atom is 0.278 e. The molecule has 0 radical (unpaired) electrons. The van der Waals surface area contributed by atoms with Crippen LogP contribution >= 0.6 is 0 Å². The van der Waals surface area contributed by atoms with Gasteiger partial charge in [-0.05, 0) is 54.4 Å². The number of methoxy groups -OCH3 is 1. The second-order valence-corrected chi connectivity index (χ2v) is 7.85. The number of fused-ring (bicyclic) bond motifs is 1. The van der Waals surface area contributed by atoms with Gasteiger partial charge in [0.05, 0.1) is 19.2 Å². The van der Waals surface area contributed by atoms with Crippen molar-refractivity contribution in [1.82, 2.24) is 4.90 Å². The Kier molecular flexibility index (Phi) is 5.22. The number of nitrogens with zero attached hydrogens (tertiary/aromatic N) is 1. The Morgan fingerprint density at radius 3 is 2.36 bits per heavy atom. The molecule has 0 saturated heterocycles. The highest BCUT2D eigenvalue weighted by molar-refractivity contribution is 6.36. The van der Waals surface area contributed by atoms with Crippen LogP contribution in [0.15, 0.2) is 72.4 Å². The monoisotopic (exact) mass is 442 g/mol. The average molecular weight is 442 g/mol. The van der Waals surface area contributed by atoms with Crippen molar-refractivity contribution >= 4 is 23.1 Å². The molecular formula is C26H22N2O5. The van der Waals surface area contributed by atoms with Crippen molar-refractivity contribution in [2.24, 2.45) is 0 Å². The molecule has 0 fully saturated rings. The minimum atomic E-state index is -0.385. The van der Waals surface area contributed by atoms with E-state index >= 15 is 0 Å². The molecule has 0 unspecified atom stereocenters. The number of carbonyl (C=O) groups is 2. The Morgan fingerprint density at radius 2 is 1.64 bits per heavy atom. The molecular weight excluding hydrogens is 420 g/mol. The highest BCUT2D eigenvalue weighted by Crippen LogP contribution is 2.35. The molecule has 33 heavy (non-hydrogen) atoms. The van der Waals surface area contributed by atoms with E-state index < -0.39 is 0 Å². The van der Waals surface area contributed by atoms with Gasteiger partial charge in [0, 0.05) is 5.69 Å². The van der Waals surface area contributed by atoms with Gasteiger partial charge >= 0.3 is 0 Å². The van der Waals surface area contributed by atoms with Crippen LogP contribution in [0.25, 0.3) is 5.57 Å². The lowest BCUT2D eigenvalue weighted by Gasteiger charge is -2.16. The van der Waals surface area contributed by atoms with E-state index in [-0.39, 0.29) is 30.8 Å². The van der Waals surface area contributed by atoms with Gasteiger partial charge in [-0.15, -0.1) is 0 Å². The van der Waals surface area contributed by atoms with Crippen molar-refractivity contribution < 1.29 is 23.8 Å². The van der Waals surface area contributed by atoms with Crippen molar-refractivity contribution in [1.29, 1.82) is 0 Å². The Hall–Kier alpha value is -4.26. The minimum absolute atomic E-state index is 0.122. The summed E-state index contributed by atoms with van der Waals surface area (Å²) in [6.07, 6.45) is 0. The van der Waals surface area contributed by atoms with Crippen LogP contribution in [0.2, 0.25) is 0 Å². The lowest BCUT2D eigenvalue weighted by molar-refractivity contribution is -0.137. The highest BCUT2D eigenvalue weighted by atomic mass is 16.7. The zero-order valence-electron chi connectivity index (χ0n) is 18.3. The molecule has 2 aliphatic rings. The third-order valence-corrected chi connectivity index (χ3v) is 5.65. The van der Waals surface area contributed by atoms with Crippen molar-refractivity contribution in [2.45, 2.75) is 13.5 Å². The molecule has 3 aromatic rings. The lowest BCUT2D eigenvalue weighted by atomic mass is 10.0. The van der Waals surface area contributed by atoms with E-state index in [2.05, 4.69) is 5.32 Å². The molecule has 0 saturated carbocycles. The van der Waals surface area contributed by atoms with Crippen molar-refractivity contribution in [3.63, 3.8) is 0 Å². The molecule has 7 nitrogen and oxygen atoms in total. The molecule has 2 amide bonds. The second-order valence-electron chi connectivity index (χ2n) is 7.85. The maximum atomic E-state index is 13.5. The van der Waals surface area contributed by atoms with Crippen LogP contribution in [0.1, 0.15) is 16.7 Å². The topological polar surface area (TPSA) is 77.1 Å². The van der Waals surface area contributed by atoms with Gasteiger partial charge in [-0.25, -0.2) is 0 Å². The summed E-state index contributed by atoms with van der Waals surface area (Å²) >= 11 is 0. The summed E-state index contributed by atoms with van der Waals surface area (Å²) in [6.45, 7) is 2.26. The Balaban J connectivity index is 1.49. The molecule has 1 N–H and O–H groups in total. The zero-order valence-corrected chi connectivity index (χ0v) is 18.3. The van der Waals surface area contributed by atoms with Gasteiger partial charge in [0.1, 0.15) is 11.4 Å². The smallest absolute Gasteiger partial charge is 0.278 e. The van der Waals surface area contributed by atoms with Gasteiger partial charge in [0.15, 0.2) is 11.5 Å². The van der Waals surface area contributed by atoms with E-state index in [4.69, 9.17) is 14.2 Å². The minimum Gasteiger partial charge on any atom is -0.497 e. The van der Waals surface area contributed by atoms with Gasteiger partial charge < -0.3 is 19.5 Å². The van der Waals surface area contributed by atoms with Crippen LogP contribution in [0.4, 0.5) is 5.69 Å². The Morgan fingerprint density at radius 1 is 0.909 bits per heavy atom. The average Bonchev–Trinajstić information content (AvgIpc) is 3.39. The number of anilines is 1. The van der Waals surface area contributed by atoms with Crippen molar-refractivity contribution in [3.8, 4) is 17.2 Å². The SMILES string of the molecule is COc1ccc(NC2=C(c3ccc(C)cc3)C(=O)N(Cc3ccc4c(c3)OCO4)C2=O)cc1. The molecule has 2 heterocycles. The van der Waals surface area contributed by atoms with Crippen LogP contribution < -0.4 is 19.5 Å². The molecule has 0 atom stereocenters. The fourth-order valence-electron chi connectivity index (χ4n) is 3.86. The number of rotatable bonds is 6. The second kappa shape index (κ2) is 8.35. The number of nitrogens with one attached hydrogen (secondary N) is 1. The Bertz CT molecular complexity index is 1260. The van der Waals surface area contributed by atoms with Crippen molar-refractivity contribution in [2.75, 3.05) is 19.2 Å². The van der Waals surface area contributed by atoms with Crippen LogP contribution in [-0.4, -0.2) is 30.6 Å². The van der Waals surface area contributed by atoms with Gasteiger partial charge in [-0.1, -0.05) is 35.9 Å². The van der Waals surface area contributed by atoms with Gasteiger partial charge in [-0.3, -0.25) is 14.5 Å². The first-order valence-corrected chi connectivity index (χ1v) is 10.5. The van der Waals surface area contributed by atoms with Crippen LogP contribution in [0.5, 0.6) is 17.2 Å². The highest BCUT2D eigenvalue weighted by Gasteiger charge is 2.39. The summed E-state index contributed by atoms with van der Waals surface area (Å²) in [6, 6.07) is 20.2. The molecule has 0 spiro atoms. The third kappa shape index (κ3) is 3.89. The maximum absolute atomic E-state index is 13.5. The molecule has 2 aliphatic heterocycles. The summed E-state index contributed by atoms with van der Waals surface area (Å²) in [4.78, 5) is 28.2. The van der Waals surface area contributed by atoms with Crippen LogP contribution in [0.3, 0.4) is 0 Å². The number of ether oxygens (including phenoxy) is 3. The molecule has 0 aliphatic carbocycles. The number of hydrogen-bond donors (Lipinski definition) is 1. The normalized spacial score (nSPS) is 14.8. The Labute approximate surface area is 191 Å². The number of aryl methyl sites for hydroxylation is 1. The fraction of sp³-hybridized carbons (Fsp3) is 0.154. The molecule has 166 valence electrons. The molecule has 3 aromatic carbocycles. The first kappa shape index (κ1) is 20.6. The first-order chi connectivity index (χ1) is 16.0. The third-order valence-electron chi connectivity index (χ3n) is 5.65.